The second kappa shape index (κ2) is 7.89. The Labute approximate surface area is 157 Å². The quantitative estimate of drug-likeness (QED) is 0.846. The van der Waals surface area contributed by atoms with E-state index in [1.807, 2.05) is 30.1 Å². The number of fused-ring (bicyclic) bond motifs is 1. The maximum absolute atomic E-state index is 12.7. The van der Waals surface area contributed by atoms with Crippen molar-refractivity contribution in [3.05, 3.63) is 70.2 Å². The van der Waals surface area contributed by atoms with Crippen LogP contribution < -0.4 is 5.32 Å². The van der Waals surface area contributed by atoms with Gasteiger partial charge in [0.05, 0.1) is 6.04 Å². The zero-order valence-electron chi connectivity index (χ0n) is 14.5. The molecule has 0 fully saturated rings. The van der Waals surface area contributed by atoms with Gasteiger partial charge in [0, 0.05) is 18.0 Å². The fourth-order valence-corrected chi connectivity index (χ4v) is 3.40. The first kappa shape index (κ1) is 18.4. The van der Waals surface area contributed by atoms with Gasteiger partial charge in [0.25, 0.3) is 0 Å². The molecule has 2 N–H and O–H groups in total. The highest BCUT2D eigenvalue weighted by Crippen LogP contribution is 2.22. The second-order valence-corrected chi connectivity index (χ2v) is 7.07. The van der Waals surface area contributed by atoms with Gasteiger partial charge in [0.1, 0.15) is 6.04 Å². The maximum atomic E-state index is 12.7. The molecule has 6 heteroatoms. The number of benzene rings is 2. The summed E-state index contributed by atoms with van der Waals surface area (Å²) in [6.07, 6.45) is 0.789. The van der Waals surface area contributed by atoms with Crippen LogP contribution in [0.5, 0.6) is 0 Å². The molecule has 1 amide bonds. The molecule has 26 heavy (non-hydrogen) atoms. The van der Waals surface area contributed by atoms with Crippen LogP contribution in [0.15, 0.2) is 48.5 Å². The first-order valence-corrected chi connectivity index (χ1v) is 8.86. The van der Waals surface area contributed by atoms with Crippen molar-refractivity contribution in [1.82, 2.24) is 10.2 Å². The van der Waals surface area contributed by atoms with Crippen molar-refractivity contribution in [1.29, 1.82) is 0 Å². The number of carboxylic acid groups (broad SMARTS) is 1. The fourth-order valence-electron chi connectivity index (χ4n) is 3.27. The van der Waals surface area contributed by atoms with Crippen molar-refractivity contribution in [3.8, 4) is 0 Å². The largest absolute Gasteiger partial charge is 0.480 e. The van der Waals surface area contributed by atoms with Crippen LogP contribution in [0.25, 0.3) is 0 Å². The lowest BCUT2D eigenvalue weighted by Gasteiger charge is -2.33. The van der Waals surface area contributed by atoms with Gasteiger partial charge in [-0.15, -0.1) is 0 Å². The smallest absolute Gasteiger partial charge is 0.326 e. The van der Waals surface area contributed by atoms with Crippen LogP contribution >= 0.6 is 11.6 Å². The molecule has 2 aromatic carbocycles. The van der Waals surface area contributed by atoms with Gasteiger partial charge in [-0.3, -0.25) is 9.69 Å². The average Bonchev–Trinajstić information content (AvgIpc) is 2.62. The molecule has 2 atom stereocenters. The maximum Gasteiger partial charge on any atom is 0.326 e. The van der Waals surface area contributed by atoms with Gasteiger partial charge in [0.2, 0.25) is 5.91 Å². The Morgan fingerprint density at radius 2 is 1.85 bits per heavy atom. The number of carbonyl (C=O) groups is 2. The Hall–Kier alpha value is -2.37. The zero-order valence-corrected chi connectivity index (χ0v) is 15.2. The third-order valence-corrected chi connectivity index (χ3v) is 5.01. The molecular weight excluding hydrogens is 352 g/mol. The minimum atomic E-state index is -1.05. The van der Waals surface area contributed by atoms with Crippen molar-refractivity contribution < 1.29 is 14.7 Å². The lowest BCUT2D eigenvalue weighted by atomic mass is 9.93. The van der Waals surface area contributed by atoms with E-state index in [0.717, 1.165) is 11.1 Å². The third kappa shape index (κ3) is 4.23. The summed E-state index contributed by atoms with van der Waals surface area (Å²) in [5.41, 5.74) is 3.15. The van der Waals surface area contributed by atoms with Crippen LogP contribution in [0.2, 0.25) is 5.02 Å². The Kier molecular flexibility index (Phi) is 5.59. The summed E-state index contributed by atoms with van der Waals surface area (Å²) in [5, 5.41) is 12.8. The number of rotatable bonds is 5. The summed E-state index contributed by atoms with van der Waals surface area (Å²) >= 11 is 5.86. The predicted molar refractivity (Wildman–Crippen MR) is 100 cm³/mol. The number of nitrogens with one attached hydrogen (secondary N) is 1. The molecule has 1 aliphatic heterocycles. The molecule has 2 aromatic rings. The molecular formula is C20H21ClN2O3. The lowest BCUT2D eigenvalue weighted by molar-refractivity contribution is -0.142. The molecule has 0 bridgehead atoms. The van der Waals surface area contributed by atoms with Crippen molar-refractivity contribution in [3.63, 3.8) is 0 Å². The van der Waals surface area contributed by atoms with Crippen molar-refractivity contribution in [2.24, 2.45) is 0 Å². The van der Waals surface area contributed by atoms with E-state index in [2.05, 4.69) is 11.4 Å². The summed E-state index contributed by atoms with van der Waals surface area (Å²) < 4.78 is 0. The summed E-state index contributed by atoms with van der Waals surface area (Å²) in [4.78, 5) is 26.3. The number of hydrogen-bond donors (Lipinski definition) is 2. The van der Waals surface area contributed by atoms with Gasteiger partial charge >= 0.3 is 5.97 Å². The van der Waals surface area contributed by atoms with Crippen molar-refractivity contribution >= 4 is 23.5 Å². The third-order valence-electron chi connectivity index (χ3n) is 4.75. The number of likely N-dealkylation sites (N-methyl/N-ethyl adjacent to an activating group) is 1. The minimum absolute atomic E-state index is 0.214. The van der Waals surface area contributed by atoms with Crippen LogP contribution in [0.1, 0.15) is 16.7 Å². The lowest BCUT2D eigenvalue weighted by Crippen LogP contribution is -2.53. The number of halogens is 1. The van der Waals surface area contributed by atoms with Gasteiger partial charge < -0.3 is 10.4 Å². The Balaban J connectivity index is 1.70. The molecule has 0 radical (unpaired) electrons. The number of carboxylic acids is 1. The molecule has 1 aliphatic rings. The molecule has 0 aromatic heterocycles. The SMILES string of the molecule is CN1Cc2ccccc2CC1C(=O)NC(Cc1ccc(Cl)cc1)C(=O)O. The summed E-state index contributed by atoms with van der Waals surface area (Å²) in [5.74, 6) is -1.31. The molecule has 3 rings (SSSR count). The monoisotopic (exact) mass is 372 g/mol. The second-order valence-electron chi connectivity index (χ2n) is 6.63. The molecule has 0 saturated carbocycles. The first-order valence-electron chi connectivity index (χ1n) is 8.48. The molecule has 0 spiro atoms. The Morgan fingerprint density at radius 1 is 1.19 bits per heavy atom. The number of carbonyl (C=O) groups excluding carboxylic acids is 1. The first-order chi connectivity index (χ1) is 12.4. The highest BCUT2D eigenvalue weighted by atomic mass is 35.5. The molecule has 0 aliphatic carbocycles. The van der Waals surface area contributed by atoms with E-state index < -0.39 is 12.0 Å². The predicted octanol–water partition coefficient (Wildman–Crippen LogP) is 2.51. The fraction of sp³-hybridized carbons (Fsp3) is 0.300. The van der Waals surface area contributed by atoms with Crippen molar-refractivity contribution in [2.75, 3.05) is 7.05 Å². The summed E-state index contributed by atoms with van der Waals surface area (Å²) in [6, 6.07) is 13.6. The van der Waals surface area contributed by atoms with E-state index in [1.54, 1.807) is 24.3 Å². The molecule has 2 unspecified atom stereocenters. The van der Waals surface area contributed by atoms with E-state index in [1.165, 1.54) is 5.56 Å². The van der Waals surface area contributed by atoms with E-state index in [9.17, 15) is 14.7 Å². The number of aliphatic carboxylic acids is 1. The molecule has 0 saturated heterocycles. The highest BCUT2D eigenvalue weighted by molar-refractivity contribution is 6.30. The number of hydrogen-bond acceptors (Lipinski definition) is 3. The van der Waals surface area contributed by atoms with Gasteiger partial charge in [-0.1, -0.05) is 48.0 Å². The molecule has 1 heterocycles. The topological polar surface area (TPSA) is 69.6 Å². The molecule has 5 nitrogen and oxygen atoms in total. The minimum Gasteiger partial charge on any atom is -0.480 e. The summed E-state index contributed by atoms with van der Waals surface area (Å²) in [7, 11) is 1.88. The van der Waals surface area contributed by atoms with E-state index in [0.29, 0.717) is 18.0 Å². The molecule has 136 valence electrons. The Bertz CT molecular complexity index is 807. The van der Waals surface area contributed by atoms with Crippen LogP contribution in [-0.4, -0.2) is 41.0 Å². The van der Waals surface area contributed by atoms with Crippen molar-refractivity contribution in [2.45, 2.75) is 31.5 Å². The average molecular weight is 373 g/mol. The number of nitrogens with zero attached hydrogens (tertiary/aromatic N) is 1. The van der Waals surface area contributed by atoms with Crippen LogP contribution in [0.4, 0.5) is 0 Å². The van der Waals surface area contributed by atoms with E-state index in [-0.39, 0.29) is 18.4 Å². The van der Waals surface area contributed by atoms with Gasteiger partial charge in [-0.25, -0.2) is 4.79 Å². The van der Waals surface area contributed by atoms with Gasteiger partial charge in [-0.05, 0) is 42.3 Å². The highest BCUT2D eigenvalue weighted by Gasteiger charge is 2.31. The van der Waals surface area contributed by atoms with Crippen LogP contribution in [0.3, 0.4) is 0 Å². The normalized spacial score (nSPS) is 18.0. The number of amides is 1. The zero-order chi connectivity index (χ0) is 18.7. The van der Waals surface area contributed by atoms with Crippen LogP contribution in [0, 0.1) is 0 Å². The van der Waals surface area contributed by atoms with Gasteiger partial charge in [-0.2, -0.15) is 0 Å². The Morgan fingerprint density at radius 3 is 2.50 bits per heavy atom. The summed E-state index contributed by atoms with van der Waals surface area (Å²) in [6.45, 7) is 0.670. The van der Waals surface area contributed by atoms with Crippen LogP contribution in [-0.2, 0) is 29.0 Å². The standard InChI is InChI=1S/C20H21ClN2O3/c1-23-12-15-5-3-2-4-14(15)11-18(23)19(24)22-17(20(25)26)10-13-6-8-16(21)9-7-13/h2-9,17-18H,10-12H2,1H3,(H,22,24)(H,25,26). The van der Waals surface area contributed by atoms with E-state index in [4.69, 9.17) is 11.6 Å². The van der Waals surface area contributed by atoms with E-state index >= 15 is 0 Å². The van der Waals surface area contributed by atoms with Gasteiger partial charge in [0.15, 0.2) is 0 Å².